The largest absolute Gasteiger partial charge is 0.326 e. The van der Waals surface area contributed by atoms with E-state index < -0.39 is 5.54 Å². The monoisotopic (exact) mass is 375 g/mol. The van der Waals surface area contributed by atoms with Crippen LogP contribution in [-0.4, -0.2) is 29.0 Å². The van der Waals surface area contributed by atoms with E-state index in [4.69, 9.17) is 0 Å². The SMILES string of the molecule is CC(C)(C)C(NCN1C(=O)NC2(CCCCCC2)C1=O)c1ccc(F)cc1. The molecule has 2 aliphatic rings. The minimum Gasteiger partial charge on any atom is -0.323 e. The number of hydrogen-bond donors (Lipinski definition) is 2. The van der Waals surface area contributed by atoms with Crippen LogP contribution in [0.4, 0.5) is 9.18 Å². The molecule has 2 N–H and O–H groups in total. The lowest BCUT2D eigenvalue weighted by Crippen LogP contribution is -2.47. The molecule has 1 aromatic carbocycles. The van der Waals surface area contributed by atoms with Crippen LogP contribution in [0, 0.1) is 11.2 Å². The number of urea groups is 1. The first-order valence-corrected chi connectivity index (χ1v) is 9.86. The molecule has 3 amide bonds. The molecule has 27 heavy (non-hydrogen) atoms. The van der Waals surface area contributed by atoms with Crippen molar-refractivity contribution in [1.29, 1.82) is 0 Å². The molecule has 2 fully saturated rings. The number of carbonyl (C=O) groups excluding carboxylic acids is 2. The van der Waals surface area contributed by atoms with E-state index in [1.807, 2.05) is 0 Å². The number of nitrogens with zero attached hydrogens (tertiary/aromatic N) is 1. The zero-order valence-corrected chi connectivity index (χ0v) is 16.5. The molecular weight excluding hydrogens is 345 g/mol. The third-order valence-electron chi connectivity index (χ3n) is 5.73. The predicted octanol–water partition coefficient (Wildman–Crippen LogP) is 4.10. The molecule has 1 aromatic rings. The highest BCUT2D eigenvalue weighted by Gasteiger charge is 2.50. The van der Waals surface area contributed by atoms with Crippen LogP contribution in [0.25, 0.3) is 0 Å². The molecular formula is C21H30FN3O2. The number of halogens is 1. The van der Waals surface area contributed by atoms with Gasteiger partial charge in [-0.15, -0.1) is 0 Å². The zero-order chi connectivity index (χ0) is 19.7. The van der Waals surface area contributed by atoms with E-state index in [0.29, 0.717) is 12.8 Å². The van der Waals surface area contributed by atoms with Gasteiger partial charge < -0.3 is 5.32 Å². The van der Waals surface area contributed by atoms with Crippen LogP contribution >= 0.6 is 0 Å². The maximum atomic E-state index is 13.3. The number of amides is 3. The third-order valence-corrected chi connectivity index (χ3v) is 5.73. The number of carbonyl (C=O) groups is 2. The number of rotatable bonds is 4. The fourth-order valence-electron chi connectivity index (χ4n) is 4.25. The summed E-state index contributed by atoms with van der Waals surface area (Å²) >= 11 is 0. The highest BCUT2D eigenvalue weighted by molar-refractivity contribution is 6.07. The summed E-state index contributed by atoms with van der Waals surface area (Å²) in [4.78, 5) is 26.9. The molecule has 0 bridgehead atoms. The average Bonchev–Trinajstić information content (AvgIpc) is 2.76. The van der Waals surface area contributed by atoms with Crippen molar-refractivity contribution in [3.63, 3.8) is 0 Å². The zero-order valence-electron chi connectivity index (χ0n) is 16.5. The first-order valence-electron chi connectivity index (χ1n) is 9.86. The van der Waals surface area contributed by atoms with Crippen molar-refractivity contribution in [1.82, 2.24) is 15.5 Å². The maximum absolute atomic E-state index is 13.3. The second kappa shape index (κ2) is 7.58. The van der Waals surface area contributed by atoms with Crippen LogP contribution in [-0.2, 0) is 4.79 Å². The number of benzene rings is 1. The van der Waals surface area contributed by atoms with Gasteiger partial charge in [0.1, 0.15) is 11.4 Å². The van der Waals surface area contributed by atoms with Crippen molar-refractivity contribution < 1.29 is 14.0 Å². The van der Waals surface area contributed by atoms with Crippen molar-refractivity contribution in [2.75, 3.05) is 6.67 Å². The fourth-order valence-corrected chi connectivity index (χ4v) is 4.25. The Balaban J connectivity index is 1.74. The molecule has 0 radical (unpaired) electrons. The second-order valence-corrected chi connectivity index (χ2v) is 8.87. The van der Waals surface area contributed by atoms with Gasteiger partial charge >= 0.3 is 6.03 Å². The smallest absolute Gasteiger partial charge is 0.323 e. The Labute approximate surface area is 160 Å². The summed E-state index contributed by atoms with van der Waals surface area (Å²) in [5.41, 5.74) is 0.0412. The summed E-state index contributed by atoms with van der Waals surface area (Å²) in [6, 6.07) is 5.92. The van der Waals surface area contributed by atoms with Gasteiger partial charge in [0, 0.05) is 6.04 Å². The Morgan fingerprint density at radius 3 is 2.26 bits per heavy atom. The van der Waals surface area contributed by atoms with E-state index in [-0.39, 0.29) is 35.9 Å². The third kappa shape index (κ3) is 4.15. The van der Waals surface area contributed by atoms with Crippen LogP contribution in [0.2, 0.25) is 0 Å². The molecule has 5 nitrogen and oxygen atoms in total. The number of imide groups is 1. The van der Waals surface area contributed by atoms with Gasteiger partial charge in [0.15, 0.2) is 0 Å². The van der Waals surface area contributed by atoms with Crippen molar-refractivity contribution in [3.8, 4) is 0 Å². The van der Waals surface area contributed by atoms with E-state index in [1.165, 1.54) is 17.0 Å². The van der Waals surface area contributed by atoms with Gasteiger partial charge in [-0.1, -0.05) is 58.6 Å². The van der Waals surface area contributed by atoms with Gasteiger partial charge in [-0.3, -0.25) is 10.1 Å². The summed E-state index contributed by atoms with van der Waals surface area (Å²) < 4.78 is 13.3. The van der Waals surface area contributed by atoms with E-state index >= 15 is 0 Å². The Morgan fingerprint density at radius 1 is 1.11 bits per heavy atom. The van der Waals surface area contributed by atoms with Crippen molar-refractivity contribution >= 4 is 11.9 Å². The Morgan fingerprint density at radius 2 is 1.70 bits per heavy atom. The minimum absolute atomic E-state index is 0.117. The molecule has 6 heteroatoms. The van der Waals surface area contributed by atoms with Gasteiger partial charge in [-0.25, -0.2) is 14.1 Å². The molecule has 1 aliphatic carbocycles. The molecule has 3 rings (SSSR count). The quantitative estimate of drug-likeness (QED) is 0.779. The lowest BCUT2D eigenvalue weighted by molar-refractivity contribution is -0.132. The summed E-state index contributed by atoms with van der Waals surface area (Å²) in [6.07, 6.45) is 5.59. The average molecular weight is 375 g/mol. The van der Waals surface area contributed by atoms with E-state index in [2.05, 4.69) is 31.4 Å². The van der Waals surface area contributed by atoms with Crippen molar-refractivity contribution in [2.24, 2.45) is 5.41 Å². The highest BCUT2D eigenvalue weighted by Crippen LogP contribution is 2.35. The Hall–Kier alpha value is -1.95. The predicted molar refractivity (Wildman–Crippen MR) is 102 cm³/mol. The number of hydrogen-bond acceptors (Lipinski definition) is 3. The van der Waals surface area contributed by atoms with Gasteiger partial charge in [0.2, 0.25) is 0 Å². The molecule has 1 saturated carbocycles. The van der Waals surface area contributed by atoms with Gasteiger partial charge in [-0.2, -0.15) is 0 Å². The number of nitrogens with one attached hydrogen (secondary N) is 2. The second-order valence-electron chi connectivity index (χ2n) is 8.87. The highest BCUT2D eigenvalue weighted by atomic mass is 19.1. The van der Waals surface area contributed by atoms with E-state index in [9.17, 15) is 14.0 Å². The molecule has 0 aromatic heterocycles. The van der Waals surface area contributed by atoms with Crippen LogP contribution in [0.3, 0.4) is 0 Å². The summed E-state index contributed by atoms with van der Waals surface area (Å²) in [5, 5.41) is 6.32. The van der Waals surface area contributed by atoms with E-state index in [1.54, 1.807) is 12.1 Å². The molecule has 1 aliphatic heterocycles. The van der Waals surface area contributed by atoms with Crippen LogP contribution in [0.5, 0.6) is 0 Å². The molecule has 148 valence electrons. The molecule has 1 unspecified atom stereocenters. The standard InChI is InChI=1S/C21H30FN3O2/c1-20(2,3)17(15-8-10-16(22)11-9-15)23-14-25-18(26)21(24-19(25)27)12-6-4-5-7-13-21/h8-11,17,23H,4-7,12-14H2,1-3H3,(H,24,27). The summed E-state index contributed by atoms with van der Waals surface area (Å²) in [7, 11) is 0. The minimum atomic E-state index is -0.720. The fraction of sp³-hybridized carbons (Fsp3) is 0.619. The Kier molecular flexibility index (Phi) is 5.56. The van der Waals surface area contributed by atoms with Gasteiger partial charge in [0.25, 0.3) is 5.91 Å². The first kappa shape index (κ1) is 19.8. The first-order chi connectivity index (χ1) is 12.7. The van der Waals surface area contributed by atoms with Crippen molar-refractivity contribution in [2.45, 2.75) is 70.9 Å². The van der Waals surface area contributed by atoms with Crippen LogP contribution in [0.15, 0.2) is 24.3 Å². The van der Waals surface area contributed by atoms with Crippen LogP contribution in [0.1, 0.15) is 70.9 Å². The molecule has 1 heterocycles. The van der Waals surface area contributed by atoms with Crippen LogP contribution < -0.4 is 10.6 Å². The lowest BCUT2D eigenvalue weighted by atomic mass is 9.82. The molecule has 1 atom stereocenters. The van der Waals surface area contributed by atoms with E-state index in [0.717, 1.165) is 31.2 Å². The summed E-state index contributed by atoms with van der Waals surface area (Å²) in [6.45, 7) is 6.37. The topological polar surface area (TPSA) is 61.4 Å². The van der Waals surface area contributed by atoms with Crippen molar-refractivity contribution in [3.05, 3.63) is 35.6 Å². The summed E-state index contributed by atoms with van der Waals surface area (Å²) in [5.74, 6) is -0.399. The normalized spacial score (nSPS) is 21.3. The Bertz CT molecular complexity index is 688. The van der Waals surface area contributed by atoms with Gasteiger partial charge in [0.05, 0.1) is 6.67 Å². The lowest BCUT2D eigenvalue weighted by Gasteiger charge is -2.33. The maximum Gasteiger partial charge on any atom is 0.326 e. The molecule has 1 spiro atoms. The molecule has 1 saturated heterocycles. The van der Waals surface area contributed by atoms with Gasteiger partial charge in [-0.05, 0) is 36.0 Å².